The molecule has 1 aromatic carbocycles. The van der Waals surface area contributed by atoms with Gasteiger partial charge in [-0.05, 0) is 24.3 Å². The predicted molar refractivity (Wildman–Crippen MR) is 87.2 cm³/mol. The standard InChI is InChI=1S/C17H15N3O4/c1-22-14-7-3-6-12(16(14)23-2)17(21)19-15-9-13(20-24-15)11-5-4-8-18-10-11/h3-10H,1-2H3,(H,19,21). The number of hydrogen-bond donors (Lipinski definition) is 1. The second-order valence-electron chi connectivity index (χ2n) is 4.81. The molecule has 7 heteroatoms. The molecule has 2 heterocycles. The number of amides is 1. The lowest BCUT2D eigenvalue weighted by molar-refractivity contribution is 0.102. The van der Waals surface area contributed by atoms with E-state index in [1.165, 1.54) is 14.2 Å². The van der Waals surface area contributed by atoms with Gasteiger partial charge in [-0.2, -0.15) is 0 Å². The number of hydrogen-bond acceptors (Lipinski definition) is 6. The molecule has 1 N–H and O–H groups in total. The lowest BCUT2D eigenvalue weighted by Crippen LogP contribution is -2.13. The summed E-state index contributed by atoms with van der Waals surface area (Å²) in [5.41, 5.74) is 1.70. The number of nitrogens with zero attached hydrogens (tertiary/aromatic N) is 2. The van der Waals surface area contributed by atoms with Crippen LogP contribution in [0.4, 0.5) is 5.88 Å². The normalized spacial score (nSPS) is 10.2. The van der Waals surface area contributed by atoms with Crippen molar-refractivity contribution in [1.82, 2.24) is 10.1 Å². The molecule has 7 nitrogen and oxygen atoms in total. The van der Waals surface area contributed by atoms with Crippen LogP contribution in [0.2, 0.25) is 0 Å². The Morgan fingerprint density at radius 1 is 1.17 bits per heavy atom. The maximum Gasteiger partial charge on any atom is 0.261 e. The van der Waals surface area contributed by atoms with Gasteiger partial charge in [0.15, 0.2) is 11.5 Å². The summed E-state index contributed by atoms with van der Waals surface area (Å²) in [7, 11) is 2.99. The Balaban J connectivity index is 1.82. The fourth-order valence-corrected chi connectivity index (χ4v) is 2.23. The maximum atomic E-state index is 12.5. The van der Waals surface area contributed by atoms with Crippen LogP contribution in [0.3, 0.4) is 0 Å². The summed E-state index contributed by atoms with van der Waals surface area (Å²) < 4.78 is 15.6. The third-order valence-electron chi connectivity index (χ3n) is 3.35. The summed E-state index contributed by atoms with van der Waals surface area (Å²) in [4.78, 5) is 16.5. The Hall–Kier alpha value is -3.35. The maximum absolute atomic E-state index is 12.5. The molecule has 0 saturated carbocycles. The van der Waals surface area contributed by atoms with E-state index in [0.717, 1.165) is 5.56 Å². The van der Waals surface area contributed by atoms with Crippen molar-refractivity contribution in [2.24, 2.45) is 0 Å². The van der Waals surface area contributed by atoms with E-state index >= 15 is 0 Å². The first kappa shape index (κ1) is 15.5. The van der Waals surface area contributed by atoms with Crippen LogP contribution in [0.5, 0.6) is 11.5 Å². The second-order valence-corrected chi connectivity index (χ2v) is 4.81. The number of anilines is 1. The minimum absolute atomic E-state index is 0.226. The Bertz CT molecular complexity index is 846. The summed E-state index contributed by atoms with van der Waals surface area (Å²) in [5.74, 6) is 0.659. The van der Waals surface area contributed by atoms with Gasteiger partial charge in [-0.15, -0.1) is 0 Å². The van der Waals surface area contributed by atoms with Crippen molar-refractivity contribution in [3.63, 3.8) is 0 Å². The van der Waals surface area contributed by atoms with E-state index in [9.17, 15) is 4.79 Å². The van der Waals surface area contributed by atoms with E-state index in [2.05, 4.69) is 15.5 Å². The molecular weight excluding hydrogens is 310 g/mol. The van der Waals surface area contributed by atoms with Crippen molar-refractivity contribution in [2.75, 3.05) is 19.5 Å². The number of benzene rings is 1. The van der Waals surface area contributed by atoms with Crippen molar-refractivity contribution < 1.29 is 18.8 Å². The highest BCUT2D eigenvalue weighted by Crippen LogP contribution is 2.31. The number of nitrogens with one attached hydrogen (secondary N) is 1. The Morgan fingerprint density at radius 2 is 2.04 bits per heavy atom. The van der Waals surface area contributed by atoms with Gasteiger partial charge in [0.25, 0.3) is 5.91 Å². The molecule has 3 aromatic rings. The zero-order valence-electron chi connectivity index (χ0n) is 13.1. The van der Waals surface area contributed by atoms with Gasteiger partial charge < -0.3 is 14.0 Å². The van der Waals surface area contributed by atoms with Gasteiger partial charge in [0, 0.05) is 24.0 Å². The number of pyridine rings is 1. The van der Waals surface area contributed by atoms with Gasteiger partial charge >= 0.3 is 0 Å². The Morgan fingerprint density at radius 3 is 2.75 bits per heavy atom. The summed E-state index contributed by atoms with van der Waals surface area (Å²) >= 11 is 0. The van der Waals surface area contributed by atoms with E-state index in [4.69, 9.17) is 14.0 Å². The molecule has 0 radical (unpaired) electrons. The molecule has 0 unspecified atom stereocenters. The van der Waals surface area contributed by atoms with Gasteiger partial charge in [-0.3, -0.25) is 15.1 Å². The van der Waals surface area contributed by atoms with Gasteiger partial charge in [-0.1, -0.05) is 11.2 Å². The highest BCUT2D eigenvalue weighted by Gasteiger charge is 2.18. The third-order valence-corrected chi connectivity index (χ3v) is 3.35. The van der Waals surface area contributed by atoms with Crippen LogP contribution in [0.15, 0.2) is 53.3 Å². The van der Waals surface area contributed by atoms with Gasteiger partial charge in [-0.25, -0.2) is 0 Å². The number of para-hydroxylation sites is 1. The quantitative estimate of drug-likeness (QED) is 0.776. The lowest BCUT2D eigenvalue weighted by Gasteiger charge is -2.11. The molecule has 0 aliphatic rings. The fraction of sp³-hybridized carbons (Fsp3) is 0.118. The van der Waals surface area contributed by atoms with Crippen LogP contribution in [0, 0.1) is 0 Å². The minimum Gasteiger partial charge on any atom is -0.493 e. The molecular formula is C17H15N3O4. The average molecular weight is 325 g/mol. The van der Waals surface area contributed by atoms with Crippen molar-refractivity contribution in [3.05, 3.63) is 54.4 Å². The van der Waals surface area contributed by atoms with E-state index in [1.54, 1.807) is 42.7 Å². The Kier molecular flexibility index (Phi) is 4.42. The number of methoxy groups -OCH3 is 2. The summed E-state index contributed by atoms with van der Waals surface area (Å²) in [6.07, 6.45) is 3.33. The first-order valence-electron chi connectivity index (χ1n) is 7.12. The van der Waals surface area contributed by atoms with E-state index in [0.29, 0.717) is 22.8 Å². The van der Waals surface area contributed by atoms with Crippen LogP contribution in [0.1, 0.15) is 10.4 Å². The SMILES string of the molecule is COc1cccc(C(=O)Nc2cc(-c3cccnc3)no2)c1OC. The van der Waals surface area contributed by atoms with Crippen molar-refractivity contribution in [3.8, 4) is 22.8 Å². The number of ether oxygens (including phenoxy) is 2. The van der Waals surface area contributed by atoms with E-state index < -0.39 is 0 Å². The minimum atomic E-state index is -0.389. The monoisotopic (exact) mass is 325 g/mol. The Labute approximate surface area is 138 Å². The number of rotatable bonds is 5. The van der Waals surface area contributed by atoms with Crippen LogP contribution < -0.4 is 14.8 Å². The zero-order valence-corrected chi connectivity index (χ0v) is 13.1. The highest BCUT2D eigenvalue weighted by molar-refractivity contribution is 6.06. The zero-order chi connectivity index (χ0) is 16.9. The predicted octanol–water partition coefficient (Wildman–Crippen LogP) is 3.01. The van der Waals surface area contributed by atoms with Crippen LogP contribution in [0.25, 0.3) is 11.3 Å². The van der Waals surface area contributed by atoms with Gasteiger partial charge in [0.05, 0.1) is 19.8 Å². The molecule has 24 heavy (non-hydrogen) atoms. The summed E-state index contributed by atoms with van der Waals surface area (Å²) in [6, 6.07) is 10.3. The van der Waals surface area contributed by atoms with Crippen LogP contribution >= 0.6 is 0 Å². The van der Waals surface area contributed by atoms with Crippen LogP contribution in [-0.4, -0.2) is 30.3 Å². The molecule has 0 fully saturated rings. The molecule has 0 aliphatic carbocycles. The molecule has 0 bridgehead atoms. The molecule has 1 amide bonds. The van der Waals surface area contributed by atoms with Crippen molar-refractivity contribution >= 4 is 11.8 Å². The van der Waals surface area contributed by atoms with E-state index in [1.807, 2.05) is 6.07 Å². The highest BCUT2D eigenvalue weighted by atomic mass is 16.5. The number of carbonyl (C=O) groups excluding carboxylic acids is 1. The molecule has 0 atom stereocenters. The summed E-state index contributed by atoms with van der Waals surface area (Å²) in [6.45, 7) is 0. The first-order chi connectivity index (χ1) is 11.7. The molecule has 0 spiro atoms. The van der Waals surface area contributed by atoms with Crippen LogP contribution in [-0.2, 0) is 0 Å². The molecule has 2 aromatic heterocycles. The average Bonchev–Trinajstić information content (AvgIpc) is 3.10. The molecule has 122 valence electrons. The van der Waals surface area contributed by atoms with Crippen molar-refractivity contribution in [2.45, 2.75) is 0 Å². The third kappa shape index (κ3) is 3.05. The topological polar surface area (TPSA) is 86.5 Å². The van der Waals surface area contributed by atoms with Crippen molar-refractivity contribution in [1.29, 1.82) is 0 Å². The molecule has 3 rings (SSSR count). The second kappa shape index (κ2) is 6.82. The summed E-state index contributed by atoms with van der Waals surface area (Å²) in [5, 5.41) is 6.57. The van der Waals surface area contributed by atoms with Gasteiger partial charge in [0.2, 0.25) is 5.88 Å². The molecule has 0 saturated heterocycles. The fourth-order valence-electron chi connectivity index (χ4n) is 2.23. The lowest BCUT2D eigenvalue weighted by atomic mass is 10.1. The van der Waals surface area contributed by atoms with Gasteiger partial charge in [0.1, 0.15) is 5.69 Å². The number of carbonyl (C=O) groups is 1. The molecule has 0 aliphatic heterocycles. The largest absolute Gasteiger partial charge is 0.493 e. The van der Waals surface area contributed by atoms with E-state index in [-0.39, 0.29) is 11.8 Å². The number of aromatic nitrogens is 2. The first-order valence-corrected chi connectivity index (χ1v) is 7.12. The smallest absolute Gasteiger partial charge is 0.261 e.